The van der Waals surface area contributed by atoms with Crippen molar-refractivity contribution >= 4 is 52.0 Å². The predicted molar refractivity (Wildman–Crippen MR) is 124 cm³/mol. The summed E-state index contributed by atoms with van der Waals surface area (Å²) in [6, 6.07) is 5.17. The van der Waals surface area contributed by atoms with Gasteiger partial charge in [-0.3, -0.25) is 14.4 Å². The van der Waals surface area contributed by atoms with E-state index in [0.717, 1.165) is 8.48 Å². The maximum atomic E-state index is 14.1. The highest BCUT2D eigenvalue weighted by Gasteiger charge is 2.73. The average Bonchev–Trinajstić information content (AvgIpc) is 3.20. The number of imide groups is 1. The molecule has 32 heavy (non-hydrogen) atoms. The van der Waals surface area contributed by atoms with E-state index in [1.807, 2.05) is 6.08 Å². The number of benzene rings is 1. The molecule has 0 aliphatic carbocycles. The molecule has 0 saturated carbocycles. The first-order chi connectivity index (χ1) is 15.3. The molecule has 1 fully saturated rings. The summed E-state index contributed by atoms with van der Waals surface area (Å²) in [5.74, 6) is -3.49. The minimum atomic E-state index is -1.52. The highest BCUT2D eigenvalue weighted by Crippen LogP contribution is 2.59. The highest BCUT2D eigenvalue weighted by molar-refractivity contribution is 14.1. The van der Waals surface area contributed by atoms with Gasteiger partial charge >= 0.3 is 11.9 Å². The number of allylic oxidation sites excluding steroid dienone is 2. The molecule has 3 aliphatic heterocycles. The first-order valence-corrected chi connectivity index (χ1v) is 11.5. The van der Waals surface area contributed by atoms with Crippen molar-refractivity contribution in [1.82, 2.24) is 4.90 Å². The van der Waals surface area contributed by atoms with E-state index in [9.17, 15) is 19.2 Å². The van der Waals surface area contributed by atoms with E-state index in [1.165, 1.54) is 6.92 Å². The molecule has 4 atom stereocenters. The molecule has 2 amide bonds. The van der Waals surface area contributed by atoms with Gasteiger partial charge in [-0.25, -0.2) is 9.69 Å². The van der Waals surface area contributed by atoms with Gasteiger partial charge in [-0.2, -0.15) is 0 Å². The molecule has 1 aromatic rings. The maximum absolute atomic E-state index is 14.1. The number of para-hydroxylation sites is 1. The monoisotopic (exact) mass is 550 g/mol. The van der Waals surface area contributed by atoms with Gasteiger partial charge < -0.3 is 14.4 Å². The minimum absolute atomic E-state index is 0.0840. The van der Waals surface area contributed by atoms with Gasteiger partial charge in [0.2, 0.25) is 11.8 Å². The summed E-state index contributed by atoms with van der Waals surface area (Å²) in [5, 5.41) is 0. The Morgan fingerprint density at radius 1 is 1.09 bits per heavy atom. The quantitative estimate of drug-likeness (QED) is 0.420. The molecule has 1 saturated heterocycles. The van der Waals surface area contributed by atoms with Crippen LogP contribution >= 0.6 is 22.6 Å². The van der Waals surface area contributed by atoms with Gasteiger partial charge in [0.25, 0.3) is 0 Å². The van der Waals surface area contributed by atoms with Crippen LogP contribution in [0.2, 0.25) is 0 Å². The summed E-state index contributed by atoms with van der Waals surface area (Å²) in [6.07, 6.45) is 5.30. The molecule has 0 radical (unpaired) electrons. The first-order valence-electron chi connectivity index (χ1n) is 10.4. The largest absolute Gasteiger partial charge is 0.466 e. The molecular formula is C23H23IN2O6. The molecule has 0 bridgehead atoms. The molecule has 1 aromatic carbocycles. The van der Waals surface area contributed by atoms with Gasteiger partial charge in [0, 0.05) is 16.7 Å². The lowest BCUT2D eigenvalue weighted by Gasteiger charge is -2.36. The molecule has 9 heteroatoms. The van der Waals surface area contributed by atoms with Crippen molar-refractivity contribution in [1.29, 1.82) is 0 Å². The Labute approximate surface area is 199 Å². The number of nitrogens with zero attached hydrogens (tertiary/aromatic N) is 2. The molecule has 0 aromatic heterocycles. The topological polar surface area (TPSA) is 93.2 Å². The van der Waals surface area contributed by atoms with E-state index in [2.05, 4.69) is 22.6 Å². The maximum Gasteiger partial charge on any atom is 0.329 e. The normalized spacial score (nSPS) is 27.8. The third kappa shape index (κ3) is 2.93. The molecule has 1 unspecified atom stereocenters. The molecule has 3 heterocycles. The zero-order chi connectivity index (χ0) is 23.2. The first kappa shape index (κ1) is 22.5. The number of carbonyl (C=O) groups excluding carboxylic acids is 4. The van der Waals surface area contributed by atoms with Crippen LogP contribution in [0.4, 0.5) is 5.69 Å². The number of halogens is 1. The number of anilines is 1. The van der Waals surface area contributed by atoms with Gasteiger partial charge in [0.1, 0.15) is 17.4 Å². The third-order valence-electron chi connectivity index (χ3n) is 6.16. The van der Waals surface area contributed by atoms with Gasteiger partial charge in [0.15, 0.2) is 0 Å². The Morgan fingerprint density at radius 2 is 1.75 bits per heavy atom. The summed E-state index contributed by atoms with van der Waals surface area (Å²) < 4.78 is 11.5. The lowest BCUT2D eigenvalue weighted by Crippen LogP contribution is -2.55. The number of amides is 2. The number of ether oxygens (including phenoxy) is 2. The van der Waals surface area contributed by atoms with Crippen molar-refractivity contribution in [2.24, 2.45) is 5.92 Å². The number of rotatable bonds is 4. The SMILES string of the molecule is CCOC(=O)[C@H]1[C@H](C(=O)OCC)[C@]2(C(=O)N(C(C)=O)c3ccccc32)C2C(I)=CC=CN21. The zero-order valence-corrected chi connectivity index (χ0v) is 20.1. The molecule has 168 valence electrons. The Bertz CT molecular complexity index is 1070. The molecule has 3 aliphatic rings. The van der Waals surface area contributed by atoms with Crippen LogP contribution in [0, 0.1) is 5.92 Å². The van der Waals surface area contributed by atoms with Crippen molar-refractivity contribution in [3.63, 3.8) is 0 Å². The van der Waals surface area contributed by atoms with Crippen LogP contribution in [0.15, 0.2) is 46.2 Å². The Morgan fingerprint density at radius 3 is 2.41 bits per heavy atom. The van der Waals surface area contributed by atoms with Crippen LogP contribution in [0.3, 0.4) is 0 Å². The second-order valence-electron chi connectivity index (χ2n) is 7.72. The number of hydrogen-bond donors (Lipinski definition) is 0. The summed E-state index contributed by atoms with van der Waals surface area (Å²) in [7, 11) is 0. The summed E-state index contributed by atoms with van der Waals surface area (Å²) >= 11 is 2.12. The highest BCUT2D eigenvalue weighted by atomic mass is 127. The number of carbonyl (C=O) groups is 4. The number of hydrogen-bond acceptors (Lipinski definition) is 7. The molecule has 1 spiro atoms. The van der Waals surface area contributed by atoms with Crippen molar-refractivity contribution < 1.29 is 28.7 Å². The van der Waals surface area contributed by atoms with E-state index in [4.69, 9.17) is 9.47 Å². The standard InChI is InChI=1S/C23H23IN2O6/c1-4-31-20(28)17-18(21(29)32-5-2)25-12-8-10-15(24)19(25)23(17)14-9-6-7-11-16(14)26(13(3)27)22(23)30/h6-12,17-19H,4-5H2,1-3H3/t17-,18-,19?,23+/m1/s1. The Kier molecular flexibility index (Phi) is 5.87. The van der Waals surface area contributed by atoms with Gasteiger partial charge in [-0.15, -0.1) is 0 Å². The van der Waals surface area contributed by atoms with Crippen molar-refractivity contribution in [2.75, 3.05) is 18.1 Å². The average molecular weight is 550 g/mol. The fourth-order valence-corrected chi connectivity index (χ4v) is 6.21. The summed E-state index contributed by atoms with van der Waals surface area (Å²) in [5.41, 5.74) is -0.579. The second-order valence-corrected chi connectivity index (χ2v) is 8.96. The van der Waals surface area contributed by atoms with E-state index < -0.39 is 47.2 Å². The van der Waals surface area contributed by atoms with E-state index in [1.54, 1.807) is 55.3 Å². The van der Waals surface area contributed by atoms with Crippen LogP contribution in [0.1, 0.15) is 26.3 Å². The smallest absolute Gasteiger partial charge is 0.329 e. The Hall–Kier alpha value is -2.69. The number of esters is 2. The minimum Gasteiger partial charge on any atom is -0.466 e. The van der Waals surface area contributed by atoms with Crippen LogP contribution in [0.5, 0.6) is 0 Å². The van der Waals surface area contributed by atoms with Crippen molar-refractivity contribution in [3.05, 3.63) is 51.8 Å². The zero-order valence-electron chi connectivity index (χ0n) is 17.9. The predicted octanol–water partition coefficient (Wildman–Crippen LogP) is 2.46. The fourth-order valence-electron chi connectivity index (χ4n) is 5.19. The van der Waals surface area contributed by atoms with Crippen molar-refractivity contribution in [3.8, 4) is 0 Å². The van der Waals surface area contributed by atoms with E-state index in [-0.39, 0.29) is 13.2 Å². The molecule has 0 N–H and O–H groups in total. The van der Waals surface area contributed by atoms with E-state index >= 15 is 0 Å². The lowest BCUT2D eigenvalue weighted by molar-refractivity contribution is -0.160. The van der Waals surface area contributed by atoms with Crippen LogP contribution in [0.25, 0.3) is 0 Å². The van der Waals surface area contributed by atoms with Crippen LogP contribution in [-0.2, 0) is 34.1 Å². The molecular weight excluding hydrogens is 527 g/mol. The summed E-state index contributed by atoms with van der Waals surface area (Å²) in [6.45, 7) is 4.87. The van der Waals surface area contributed by atoms with Crippen LogP contribution < -0.4 is 4.90 Å². The van der Waals surface area contributed by atoms with Crippen molar-refractivity contribution in [2.45, 2.75) is 38.3 Å². The molecule has 8 nitrogen and oxygen atoms in total. The van der Waals surface area contributed by atoms with Gasteiger partial charge in [-0.1, -0.05) is 18.2 Å². The van der Waals surface area contributed by atoms with Gasteiger partial charge in [-0.05, 0) is 60.2 Å². The lowest BCUT2D eigenvalue weighted by atomic mass is 9.67. The third-order valence-corrected chi connectivity index (χ3v) is 7.11. The van der Waals surface area contributed by atoms with E-state index in [0.29, 0.717) is 11.3 Å². The second kappa shape index (κ2) is 8.34. The van der Waals surface area contributed by atoms with Gasteiger partial charge in [0.05, 0.1) is 24.9 Å². The molecule has 4 rings (SSSR count). The Balaban J connectivity index is 2.06. The summed E-state index contributed by atoms with van der Waals surface area (Å²) in [4.78, 5) is 56.2. The van der Waals surface area contributed by atoms with Crippen LogP contribution in [-0.4, -0.2) is 54.0 Å². The number of fused-ring (bicyclic) bond motifs is 4. The fraction of sp³-hybridized carbons (Fsp3) is 0.391.